The van der Waals surface area contributed by atoms with Gasteiger partial charge in [-0.1, -0.05) is 48.5 Å². The van der Waals surface area contributed by atoms with Crippen LogP contribution in [0.1, 0.15) is 44.3 Å². The molecule has 4 aromatic heterocycles. The number of tetrazole rings is 1. The molecule has 4 heterocycles. The maximum Gasteiger partial charge on any atom is 0.204 e. The van der Waals surface area contributed by atoms with Crippen LogP contribution in [0.4, 0.5) is 0 Å². The highest BCUT2D eigenvalue weighted by Gasteiger charge is 2.61. The SMILES string of the molecule is c1ccc(-c2nnn(C34C[C@@H]5C[C@H](CC(c6nc7c8cnn(-c9ccccc9)c8ncn7n6)(C5)C3)C4)n2)cc1. The molecule has 39 heavy (non-hydrogen) atoms. The van der Waals surface area contributed by atoms with Crippen molar-refractivity contribution < 1.29 is 0 Å². The third-order valence-electron chi connectivity index (χ3n) is 9.28. The second-order valence-electron chi connectivity index (χ2n) is 11.8. The average Bonchev–Trinajstić information content (AvgIpc) is 3.72. The van der Waals surface area contributed by atoms with Gasteiger partial charge in [-0.05, 0) is 67.7 Å². The highest BCUT2D eigenvalue weighted by Crippen LogP contribution is 2.64. The van der Waals surface area contributed by atoms with E-state index in [4.69, 9.17) is 20.2 Å². The van der Waals surface area contributed by atoms with Crippen molar-refractivity contribution in [1.29, 1.82) is 0 Å². The van der Waals surface area contributed by atoms with Crippen LogP contribution in [-0.4, -0.2) is 49.6 Å². The molecule has 2 atom stereocenters. The molecule has 6 aromatic rings. The first-order valence-corrected chi connectivity index (χ1v) is 13.7. The summed E-state index contributed by atoms with van der Waals surface area (Å²) in [5.74, 6) is 2.84. The zero-order valence-corrected chi connectivity index (χ0v) is 21.3. The standard InChI is InChI=1S/C29H26N10/c1-3-7-21(8-4-1)24-33-36-39(34-24)29-14-19-11-20(15-29)13-28(12-19,17-29)27-32-26-23-16-31-38(22-9-5-2-6-10-22)25(23)30-18-37(26)35-27/h1-10,16,18-20H,11-15,17H2/t19-,20-,28?,29?/m1/s1. The smallest absolute Gasteiger partial charge is 0.204 e. The summed E-state index contributed by atoms with van der Waals surface area (Å²) in [5.41, 5.74) is 3.33. The molecule has 4 aliphatic carbocycles. The van der Waals surface area contributed by atoms with Crippen LogP contribution < -0.4 is 0 Å². The van der Waals surface area contributed by atoms with Crippen molar-refractivity contribution in [2.45, 2.75) is 49.5 Å². The predicted molar refractivity (Wildman–Crippen MR) is 143 cm³/mol. The number of para-hydroxylation sites is 1. The number of hydrogen-bond acceptors (Lipinski definition) is 7. The summed E-state index contributed by atoms with van der Waals surface area (Å²) in [6.07, 6.45) is 10.3. The van der Waals surface area contributed by atoms with Crippen molar-refractivity contribution in [2.24, 2.45) is 11.8 Å². The van der Waals surface area contributed by atoms with Crippen molar-refractivity contribution in [3.63, 3.8) is 0 Å². The lowest BCUT2D eigenvalue weighted by molar-refractivity contribution is -0.0784. The number of hydrogen-bond donors (Lipinski definition) is 0. The lowest BCUT2D eigenvalue weighted by Gasteiger charge is -2.60. The quantitative estimate of drug-likeness (QED) is 0.344. The molecular weight excluding hydrogens is 488 g/mol. The summed E-state index contributed by atoms with van der Waals surface area (Å²) in [7, 11) is 0. The van der Waals surface area contributed by atoms with Crippen molar-refractivity contribution in [2.75, 3.05) is 0 Å². The van der Waals surface area contributed by atoms with Crippen molar-refractivity contribution >= 4 is 16.7 Å². The van der Waals surface area contributed by atoms with Gasteiger partial charge in [-0.2, -0.15) is 9.90 Å². The molecule has 4 bridgehead atoms. The Morgan fingerprint density at radius 3 is 2.38 bits per heavy atom. The molecule has 0 amide bonds. The van der Waals surface area contributed by atoms with E-state index < -0.39 is 0 Å². The van der Waals surface area contributed by atoms with Gasteiger partial charge in [0.1, 0.15) is 6.33 Å². The molecule has 0 aliphatic heterocycles. The molecule has 0 radical (unpaired) electrons. The second-order valence-corrected chi connectivity index (χ2v) is 11.8. The Hall–Kier alpha value is -4.47. The normalized spacial score (nSPS) is 27.6. The number of nitrogens with zero attached hydrogens (tertiary/aromatic N) is 10. The molecule has 10 nitrogen and oxygen atoms in total. The van der Waals surface area contributed by atoms with Crippen LogP contribution in [-0.2, 0) is 11.0 Å². The summed E-state index contributed by atoms with van der Waals surface area (Å²) in [4.78, 5) is 11.9. The molecule has 4 aliphatic rings. The summed E-state index contributed by atoms with van der Waals surface area (Å²) in [6, 6.07) is 20.2. The number of benzene rings is 2. The fourth-order valence-corrected chi connectivity index (χ4v) is 8.13. The van der Waals surface area contributed by atoms with Crippen LogP contribution in [0.2, 0.25) is 0 Å². The number of aromatic nitrogens is 10. The topological polar surface area (TPSA) is 104 Å². The third-order valence-corrected chi connectivity index (χ3v) is 9.28. The molecular formula is C29H26N10. The molecule has 10 heteroatoms. The minimum absolute atomic E-state index is 0.0988. The monoisotopic (exact) mass is 514 g/mol. The van der Waals surface area contributed by atoms with E-state index in [2.05, 4.69) is 15.4 Å². The molecule has 10 rings (SSSR count). The van der Waals surface area contributed by atoms with Crippen LogP contribution in [0, 0.1) is 11.8 Å². The minimum atomic E-state index is -0.145. The summed E-state index contributed by atoms with van der Waals surface area (Å²) in [5, 5.41) is 24.6. The van der Waals surface area contributed by atoms with Gasteiger partial charge in [-0.25, -0.2) is 19.2 Å². The van der Waals surface area contributed by atoms with Gasteiger partial charge in [0, 0.05) is 11.0 Å². The summed E-state index contributed by atoms with van der Waals surface area (Å²) < 4.78 is 3.70. The van der Waals surface area contributed by atoms with E-state index in [1.54, 1.807) is 6.33 Å². The van der Waals surface area contributed by atoms with Gasteiger partial charge in [0.05, 0.1) is 22.8 Å². The first-order chi connectivity index (χ1) is 19.2. The molecule has 4 saturated carbocycles. The highest BCUT2D eigenvalue weighted by molar-refractivity contribution is 5.89. The highest BCUT2D eigenvalue weighted by atomic mass is 15.6. The van der Waals surface area contributed by atoms with E-state index >= 15 is 0 Å². The first kappa shape index (κ1) is 21.5. The fraction of sp³-hybridized carbons (Fsp3) is 0.345. The van der Waals surface area contributed by atoms with Gasteiger partial charge in [-0.3, -0.25) is 0 Å². The predicted octanol–water partition coefficient (Wildman–Crippen LogP) is 4.36. The van der Waals surface area contributed by atoms with Crippen LogP contribution in [0.5, 0.6) is 0 Å². The van der Waals surface area contributed by atoms with E-state index in [1.807, 2.05) is 80.9 Å². The Labute approximate surface area is 223 Å². The van der Waals surface area contributed by atoms with Crippen molar-refractivity contribution in [3.8, 4) is 17.1 Å². The van der Waals surface area contributed by atoms with Gasteiger partial charge in [0.2, 0.25) is 5.82 Å². The van der Waals surface area contributed by atoms with Gasteiger partial charge in [-0.15, -0.1) is 15.3 Å². The van der Waals surface area contributed by atoms with Gasteiger partial charge < -0.3 is 0 Å². The summed E-state index contributed by atoms with van der Waals surface area (Å²) >= 11 is 0. The Morgan fingerprint density at radius 2 is 1.59 bits per heavy atom. The largest absolute Gasteiger partial charge is 0.216 e. The maximum absolute atomic E-state index is 5.21. The van der Waals surface area contributed by atoms with E-state index in [1.165, 1.54) is 6.42 Å². The van der Waals surface area contributed by atoms with Crippen LogP contribution in [0.3, 0.4) is 0 Å². The Bertz CT molecular complexity index is 1840. The van der Waals surface area contributed by atoms with E-state index in [9.17, 15) is 0 Å². The van der Waals surface area contributed by atoms with Crippen LogP contribution in [0.25, 0.3) is 33.8 Å². The third kappa shape index (κ3) is 3.05. The number of rotatable bonds is 4. The first-order valence-electron chi connectivity index (χ1n) is 13.7. The zero-order valence-electron chi connectivity index (χ0n) is 21.3. The molecule has 192 valence electrons. The van der Waals surface area contributed by atoms with Crippen LogP contribution >= 0.6 is 0 Å². The molecule has 4 fully saturated rings. The minimum Gasteiger partial charge on any atom is -0.216 e. The lowest BCUT2D eigenvalue weighted by Crippen LogP contribution is -2.59. The zero-order chi connectivity index (χ0) is 25.6. The Balaban J connectivity index is 1.13. The number of fused-ring (bicyclic) bond motifs is 3. The van der Waals surface area contributed by atoms with E-state index in [0.717, 1.165) is 65.9 Å². The Kier molecular flexibility index (Phi) is 4.16. The van der Waals surface area contributed by atoms with Gasteiger partial charge >= 0.3 is 0 Å². The molecule has 2 aromatic carbocycles. The summed E-state index contributed by atoms with van der Waals surface area (Å²) in [6.45, 7) is 0. The maximum atomic E-state index is 5.21. The second kappa shape index (κ2) is 7.56. The van der Waals surface area contributed by atoms with Gasteiger partial charge in [0.25, 0.3) is 0 Å². The van der Waals surface area contributed by atoms with Crippen molar-refractivity contribution in [1.82, 2.24) is 49.6 Å². The van der Waals surface area contributed by atoms with Crippen LogP contribution in [0.15, 0.2) is 73.2 Å². The van der Waals surface area contributed by atoms with Gasteiger partial charge in [0.15, 0.2) is 17.1 Å². The molecule has 0 spiro atoms. The average molecular weight is 515 g/mol. The van der Waals surface area contributed by atoms with Crippen molar-refractivity contribution in [3.05, 3.63) is 79.0 Å². The molecule has 0 unspecified atom stereocenters. The Morgan fingerprint density at radius 1 is 0.821 bits per heavy atom. The molecule has 0 N–H and O–H groups in total. The van der Waals surface area contributed by atoms with E-state index in [-0.39, 0.29) is 11.0 Å². The molecule has 0 saturated heterocycles. The van der Waals surface area contributed by atoms with E-state index in [0.29, 0.717) is 17.7 Å². The lowest BCUT2D eigenvalue weighted by atomic mass is 9.46. The fourth-order valence-electron chi connectivity index (χ4n) is 8.13.